The van der Waals surface area contributed by atoms with Crippen LogP contribution >= 0.6 is 11.6 Å². The van der Waals surface area contributed by atoms with Gasteiger partial charge in [0.2, 0.25) is 0 Å². The van der Waals surface area contributed by atoms with Crippen LogP contribution in [-0.2, 0) is 17.8 Å². The highest BCUT2D eigenvalue weighted by Gasteiger charge is 2.36. The molecule has 3 aromatic rings. The van der Waals surface area contributed by atoms with Crippen molar-refractivity contribution in [1.82, 2.24) is 4.90 Å². The van der Waals surface area contributed by atoms with Crippen LogP contribution in [-0.4, -0.2) is 22.6 Å². The Bertz CT molecular complexity index is 1090. The first-order valence-corrected chi connectivity index (χ1v) is 9.76. The summed E-state index contributed by atoms with van der Waals surface area (Å²) >= 11 is 6.11. The van der Waals surface area contributed by atoms with E-state index < -0.39 is 23.8 Å². The number of benzene rings is 3. The molecule has 0 spiro atoms. The molecular formula is C23H18ClF2NO3. The number of aromatic hydroxyl groups is 1. The summed E-state index contributed by atoms with van der Waals surface area (Å²) in [6.07, 6.45) is -0.504. The number of fused-ring (bicyclic) bond motifs is 1. The molecule has 1 unspecified atom stereocenters. The molecule has 1 amide bonds. The molecule has 0 bridgehead atoms. The van der Waals surface area contributed by atoms with Gasteiger partial charge in [0.15, 0.2) is 11.6 Å². The van der Waals surface area contributed by atoms with E-state index in [0.717, 1.165) is 11.6 Å². The van der Waals surface area contributed by atoms with Gasteiger partial charge in [-0.25, -0.2) is 13.6 Å². The molecule has 7 heteroatoms. The molecule has 3 aromatic carbocycles. The third kappa shape index (κ3) is 3.83. The van der Waals surface area contributed by atoms with E-state index in [0.29, 0.717) is 16.1 Å². The number of amides is 1. The van der Waals surface area contributed by atoms with E-state index in [2.05, 4.69) is 0 Å². The van der Waals surface area contributed by atoms with Crippen molar-refractivity contribution in [3.63, 3.8) is 0 Å². The minimum absolute atomic E-state index is 0.0645. The van der Waals surface area contributed by atoms with Gasteiger partial charge in [-0.2, -0.15) is 0 Å². The fourth-order valence-electron chi connectivity index (χ4n) is 3.73. The predicted octanol–water partition coefficient (Wildman–Crippen LogP) is 5.61. The molecular weight excluding hydrogens is 412 g/mol. The van der Waals surface area contributed by atoms with Crippen LogP contribution in [0.5, 0.6) is 5.75 Å². The number of carbonyl (C=O) groups is 1. The monoisotopic (exact) mass is 429 g/mol. The van der Waals surface area contributed by atoms with Crippen molar-refractivity contribution in [1.29, 1.82) is 0 Å². The molecule has 0 saturated carbocycles. The van der Waals surface area contributed by atoms with E-state index >= 15 is 0 Å². The van der Waals surface area contributed by atoms with Crippen LogP contribution in [0.1, 0.15) is 28.3 Å². The SMILES string of the molecule is O=C(OCc1ccccc1)N1CCc2c(ccc(F)c2F)C1c1cc(Cl)ccc1O. The zero-order chi connectivity index (χ0) is 21.3. The van der Waals surface area contributed by atoms with Crippen LogP contribution in [0.25, 0.3) is 0 Å². The lowest BCUT2D eigenvalue weighted by molar-refractivity contribution is 0.0829. The number of phenolic OH excluding ortho intramolecular Hbond substituents is 1. The Balaban J connectivity index is 1.72. The summed E-state index contributed by atoms with van der Waals surface area (Å²) in [5, 5.41) is 10.8. The van der Waals surface area contributed by atoms with Crippen molar-refractivity contribution in [3.8, 4) is 5.75 Å². The van der Waals surface area contributed by atoms with Gasteiger partial charge in [0.25, 0.3) is 0 Å². The van der Waals surface area contributed by atoms with Gasteiger partial charge in [0, 0.05) is 17.1 Å². The highest BCUT2D eigenvalue weighted by atomic mass is 35.5. The molecule has 0 radical (unpaired) electrons. The van der Waals surface area contributed by atoms with Gasteiger partial charge in [-0.3, -0.25) is 4.90 Å². The van der Waals surface area contributed by atoms with Crippen molar-refractivity contribution in [2.45, 2.75) is 19.1 Å². The molecule has 154 valence electrons. The number of hydrogen-bond donors (Lipinski definition) is 1. The smallest absolute Gasteiger partial charge is 0.410 e. The first-order chi connectivity index (χ1) is 14.5. The minimum atomic E-state index is -0.956. The summed E-state index contributed by atoms with van der Waals surface area (Å²) in [5.74, 6) is -2.01. The maximum atomic E-state index is 14.5. The molecule has 0 saturated heterocycles. The molecule has 0 fully saturated rings. The second-order valence-corrected chi connectivity index (χ2v) is 7.45. The molecule has 0 aromatic heterocycles. The van der Waals surface area contributed by atoms with E-state index in [4.69, 9.17) is 16.3 Å². The Morgan fingerprint density at radius 3 is 2.63 bits per heavy atom. The number of halogens is 3. The minimum Gasteiger partial charge on any atom is -0.508 e. The normalized spacial score (nSPS) is 15.6. The fourth-order valence-corrected chi connectivity index (χ4v) is 3.91. The van der Waals surface area contributed by atoms with Gasteiger partial charge in [-0.1, -0.05) is 48.0 Å². The van der Waals surface area contributed by atoms with Crippen LogP contribution in [0, 0.1) is 11.6 Å². The highest BCUT2D eigenvalue weighted by Crippen LogP contribution is 2.41. The first-order valence-electron chi connectivity index (χ1n) is 9.38. The molecule has 0 aliphatic carbocycles. The Morgan fingerprint density at radius 2 is 1.87 bits per heavy atom. The van der Waals surface area contributed by atoms with Crippen LogP contribution < -0.4 is 0 Å². The fraction of sp³-hybridized carbons (Fsp3) is 0.174. The molecule has 1 N–H and O–H groups in total. The van der Waals surface area contributed by atoms with E-state index in [1.165, 1.54) is 29.2 Å². The van der Waals surface area contributed by atoms with Crippen LogP contribution in [0.2, 0.25) is 5.02 Å². The second kappa shape index (κ2) is 8.32. The van der Waals surface area contributed by atoms with Gasteiger partial charge in [-0.05, 0) is 47.4 Å². The van der Waals surface area contributed by atoms with Gasteiger partial charge >= 0.3 is 6.09 Å². The Morgan fingerprint density at radius 1 is 1.10 bits per heavy atom. The summed E-state index contributed by atoms with van der Waals surface area (Å²) in [7, 11) is 0. The largest absolute Gasteiger partial charge is 0.508 e. The topological polar surface area (TPSA) is 49.8 Å². The molecule has 4 rings (SSSR count). The van der Waals surface area contributed by atoms with Crippen molar-refractivity contribution in [2.75, 3.05) is 6.54 Å². The van der Waals surface area contributed by atoms with E-state index in [9.17, 15) is 18.7 Å². The molecule has 1 atom stereocenters. The van der Waals surface area contributed by atoms with Gasteiger partial charge in [0.1, 0.15) is 12.4 Å². The summed E-state index contributed by atoms with van der Waals surface area (Å²) < 4.78 is 33.7. The second-order valence-electron chi connectivity index (χ2n) is 7.02. The lowest BCUT2D eigenvalue weighted by Gasteiger charge is -2.37. The molecule has 1 aliphatic heterocycles. The average molecular weight is 430 g/mol. The van der Waals surface area contributed by atoms with E-state index in [1.54, 1.807) is 0 Å². The number of phenols is 1. The van der Waals surface area contributed by atoms with Crippen LogP contribution in [0.15, 0.2) is 60.7 Å². The zero-order valence-electron chi connectivity index (χ0n) is 15.8. The maximum Gasteiger partial charge on any atom is 0.410 e. The van der Waals surface area contributed by atoms with Gasteiger partial charge < -0.3 is 9.84 Å². The molecule has 1 heterocycles. The van der Waals surface area contributed by atoms with Crippen molar-refractivity contribution >= 4 is 17.7 Å². The summed E-state index contributed by atoms with van der Waals surface area (Å²) in [6, 6.07) is 15.2. The highest BCUT2D eigenvalue weighted by molar-refractivity contribution is 6.30. The molecule has 4 nitrogen and oxygen atoms in total. The third-order valence-electron chi connectivity index (χ3n) is 5.17. The zero-order valence-corrected chi connectivity index (χ0v) is 16.6. The van der Waals surface area contributed by atoms with Gasteiger partial charge in [-0.15, -0.1) is 0 Å². The van der Waals surface area contributed by atoms with Crippen LogP contribution in [0.3, 0.4) is 0 Å². The average Bonchev–Trinajstić information content (AvgIpc) is 2.76. The lowest BCUT2D eigenvalue weighted by Crippen LogP contribution is -2.41. The Labute approximate surface area is 177 Å². The summed E-state index contributed by atoms with van der Waals surface area (Å²) in [4.78, 5) is 14.3. The molecule has 1 aliphatic rings. The standard InChI is InChI=1S/C23H18ClF2NO3/c24-15-6-9-20(28)18(12-15)22-17-7-8-19(25)21(26)16(17)10-11-27(22)23(29)30-13-14-4-2-1-3-5-14/h1-9,12,22,28H,10-11,13H2. The Kier molecular flexibility index (Phi) is 5.59. The van der Waals surface area contributed by atoms with Crippen molar-refractivity contribution in [2.24, 2.45) is 0 Å². The number of nitrogens with zero attached hydrogens (tertiary/aromatic N) is 1. The predicted molar refractivity (Wildman–Crippen MR) is 108 cm³/mol. The first kappa shape index (κ1) is 20.2. The summed E-state index contributed by atoms with van der Waals surface area (Å²) in [6.45, 7) is 0.159. The number of hydrogen-bond acceptors (Lipinski definition) is 3. The van der Waals surface area contributed by atoms with Gasteiger partial charge in [0.05, 0.1) is 6.04 Å². The lowest BCUT2D eigenvalue weighted by atomic mass is 9.87. The number of carbonyl (C=O) groups excluding carboxylic acids is 1. The Hall–Kier alpha value is -3.12. The number of ether oxygens (including phenoxy) is 1. The quantitative estimate of drug-likeness (QED) is 0.589. The van der Waals surface area contributed by atoms with E-state index in [-0.39, 0.29) is 30.9 Å². The molecule has 30 heavy (non-hydrogen) atoms. The third-order valence-corrected chi connectivity index (χ3v) is 5.40. The van der Waals surface area contributed by atoms with Crippen LogP contribution in [0.4, 0.5) is 13.6 Å². The van der Waals surface area contributed by atoms with Crippen molar-refractivity contribution < 1.29 is 23.4 Å². The van der Waals surface area contributed by atoms with Crippen molar-refractivity contribution in [3.05, 3.63) is 99.6 Å². The number of rotatable bonds is 3. The van der Waals surface area contributed by atoms with E-state index in [1.807, 2.05) is 30.3 Å². The summed E-state index contributed by atoms with van der Waals surface area (Å²) in [5.41, 5.74) is 1.69. The maximum absolute atomic E-state index is 14.5.